The molecule has 5 nitrogen and oxygen atoms in total. The lowest BCUT2D eigenvalue weighted by Gasteiger charge is -2.28. The van der Waals surface area contributed by atoms with Crippen molar-refractivity contribution >= 4 is 11.8 Å². The van der Waals surface area contributed by atoms with Crippen LogP contribution in [0.25, 0.3) is 0 Å². The number of hydrogen-bond acceptors (Lipinski definition) is 3. The summed E-state index contributed by atoms with van der Waals surface area (Å²) in [7, 11) is 0. The first-order valence-corrected chi connectivity index (χ1v) is 6.39. The second kappa shape index (κ2) is 7.27. The quantitative estimate of drug-likeness (QED) is 0.640. The van der Waals surface area contributed by atoms with Gasteiger partial charge in [0, 0.05) is 6.04 Å². The highest BCUT2D eigenvalue weighted by atomic mass is 16.2. The lowest BCUT2D eigenvalue weighted by Crippen LogP contribution is -2.45. The minimum absolute atomic E-state index is 0.0209. The van der Waals surface area contributed by atoms with Crippen molar-refractivity contribution in [2.24, 2.45) is 11.7 Å². The predicted molar refractivity (Wildman–Crippen MR) is 66.2 cm³/mol. The van der Waals surface area contributed by atoms with E-state index < -0.39 is 0 Å². The first kappa shape index (κ1) is 14.0. The van der Waals surface area contributed by atoms with Crippen molar-refractivity contribution in [2.75, 3.05) is 13.1 Å². The predicted octanol–water partition coefficient (Wildman–Crippen LogP) is 0.146. The Hall–Kier alpha value is -1.10. The van der Waals surface area contributed by atoms with Gasteiger partial charge in [0.2, 0.25) is 11.8 Å². The molecule has 0 saturated heterocycles. The zero-order chi connectivity index (χ0) is 12.7. The highest BCUT2D eigenvalue weighted by Gasteiger charge is 2.21. The van der Waals surface area contributed by atoms with Gasteiger partial charge < -0.3 is 16.4 Å². The molecule has 4 N–H and O–H groups in total. The van der Waals surface area contributed by atoms with Crippen LogP contribution in [-0.2, 0) is 9.59 Å². The molecule has 0 unspecified atom stereocenters. The Bertz CT molecular complexity index is 262. The third-order valence-corrected chi connectivity index (χ3v) is 3.38. The fourth-order valence-electron chi connectivity index (χ4n) is 2.31. The van der Waals surface area contributed by atoms with Crippen LogP contribution in [0.1, 0.15) is 39.0 Å². The van der Waals surface area contributed by atoms with Gasteiger partial charge in [-0.25, -0.2) is 0 Å². The van der Waals surface area contributed by atoms with Crippen LogP contribution in [0.2, 0.25) is 0 Å². The van der Waals surface area contributed by atoms with E-state index in [1.165, 1.54) is 32.1 Å². The molecule has 17 heavy (non-hydrogen) atoms. The molecule has 0 spiro atoms. The van der Waals surface area contributed by atoms with E-state index in [2.05, 4.69) is 10.6 Å². The Kier molecular flexibility index (Phi) is 5.97. The summed E-state index contributed by atoms with van der Waals surface area (Å²) in [5.74, 6) is 0.147. The fourth-order valence-corrected chi connectivity index (χ4v) is 2.31. The van der Waals surface area contributed by atoms with E-state index in [-0.39, 0.29) is 30.9 Å². The maximum Gasteiger partial charge on any atom is 0.239 e. The maximum absolute atomic E-state index is 11.5. The van der Waals surface area contributed by atoms with Gasteiger partial charge in [-0.2, -0.15) is 0 Å². The molecule has 1 aliphatic carbocycles. The van der Waals surface area contributed by atoms with Crippen LogP contribution in [0.4, 0.5) is 0 Å². The van der Waals surface area contributed by atoms with E-state index in [1.807, 2.05) is 6.92 Å². The Morgan fingerprint density at radius 2 is 1.88 bits per heavy atom. The van der Waals surface area contributed by atoms with Gasteiger partial charge in [0.1, 0.15) is 0 Å². The summed E-state index contributed by atoms with van der Waals surface area (Å²) in [6.45, 7) is 1.98. The molecule has 2 amide bonds. The zero-order valence-corrected chi connectivity index (χ0v) is 10.5. The number of nitrogens with two attached hydrogens (primary N) is 1. The molecule has 1 aliphatic rings. The van der Waals surface area contributed by atoms with Crippen molar-refractivity contribution in [3.8, 4) is 0 Å². The normalized spacial score (nSPS) is 18.5. The number of rotatable bonds is 5. The second-order valence-corrected chi connectivity index (χ2v) is 4.74. The monoisotopic (exact) mass is 241 g/mol. The molecular formula is C12H23N3O2. The Balaban J connectivity index is 2.22. The number of amides is 2. The summed E-state index contributed by atoms with van der Waals surface area (Å²) in [4.78, 5) is 22.4. The number of nitrogens with one attached hydrogen (secondary N) is 2. The Morgan fingerprint density at radius 3 is 2.47 bits per heavy atom. The summed E-state index contributed by atoms with van der Waals surface area (Å²) in [5, 5.41) is 5.40. The van der Waals surface area contributed by atoms with Crippen molar-refractivity contribution in [3.63, 3.8) is 0 Å². The summed E-state index contributed by atoms with van der Waals surface area (Å²) in [6, 6.07) is 0.192. The van der Waals surface area contributed by atoms with E-state index in [1.54, 1.807) is 0 Å². The SMILES string of the molecule is C[C@H](NC(=O)CNC(=O)CN)C1CCCCC1. The second-order valence-electron chi connectivity index (χ2n) is 4.74. The van der Waals surface area contributed by atoms with Gasteiger partial charge in [-0.15, -0.1) is 0 Å². The van der Waals surface area contributed by atoms with E-state index in [9.17, 15) is 9.59 Å². The maximum atomic E-state index is 11.5. The molecule has 98 valence electrons. The number of carbonyl (C=O) groups excluding carboxylic acids is 2. The highest BCUT2D eigenvalue weighted by molar-refractivity contribution is 5.85. The Labute approximate surface area is 103 Å². The van der Waals surface area contributed by atoms with Gasteiger partial charge in [-0.05, 0) is 25.7 Å². The molecule has 0 aliphatic heterocycles. The average molecular weight is 241 g/mol. The fraction of sp³-hybridized carbons (Fsp3) is 0.833. The zero-order valence-electron chi connectivity index (χ0n) is 10.5. The lowest BCUT2D eigenvalue weighted by molar-refractivity contribution is -0.125. The smallest absolute Gasteiger partial charge is 0.239 e. The lowest BCUT2D eigenvalue weighted by atomic mass is 9.84. The molecule has 0 bridgehead atoms. The van der Waals surface area contributed by atoms with Crippen LogP contribution >= 0.6 is 0 Å². The molecule has 1 rings (SSSR count). The van der Waals surface area contributed by atoms with E-state index in [4.69, 9.17) is 5.73 Å². The van der Waals surface area contributed by atoms with Gasteiger partial charge >= 0.3 is 0 Å². The minimum Gasteiger partial charge on any atom is -0.352 e. The molecule has 0 aromatic rings. The van der Waals surface area contributed by atoms with Crippen LogP contribution in [0.5, 0.6) is 0 Å². The van der Waals surface area contributed by atoms with E-state index >= 15 is 0 Å². The summed E-state index contributed by atoms with van der Waals surface area (Å²) >= 11 is 0. The topological polar surface area (TPSA) is 84.2 Å². The molecule has 0 aromatic carbocycles. The largest absolute Gasteiger partial charge is 0.352 e. The van der Waals surface area contributed by atoms with Gasteiger partial charge in [-0.1, -0.05) is 19.3 Å². The molecule has 0 heterocycles. The first-order chi connectivity index (χ1) is 8.13. The number of hydrogen-bond donors (Lipinski definition) is 3. The molecular weight excluding hydrogens is 218 g/mol. The summed E-state index contributed by atoms with van der Waals surface area (Å²) < 4.78 is 0. The number of carbonyl (C=O) groups is 2. The van der Waals surface area contributed by atoms with Crippen LogP contribution in [0, 0.1) is 5.92 Å². The van der Waals surface area contributed by atoms with Crippen molar-refractivity contribution in [3.05, 3.63) is 0 Å². The van der Waals surface area contributed by atoms with E-state index in [0.717, 1.165) is 0 Å². The van der Waals surface area contributed by atoms with Gasteiger partial charge in [0.15, 0.2) is 0 Å². The Morgan fingerprint density at radius 1 is 1.24 bits per heavy atom. The van der Waals surface area contributed by atoms with Gasteiger partial charge in [0.25, 0.3) is 0 Å². The van der Waals surface area contributed by atoms with Crippen molar-refractivity contribution in [1.29, 1.82) is 0 Å². The van der Waals surface area contributed by atoms with Gasteiger partial charge in [0.05, 0.1) is 13.1 Å². The van der Waals surface area contributed by atoms with E-state index in [0.29, 0.717) is 5.92 Å². The highest BCUT2D eigenvalue weighted by Crippen LogP contribution is 2.26. The standard InChI is InChI=1S/C12H23N3O2/c1-9(10-5-3-2-4-6-10)15-12(17)8-14-11(16)7-13/h9-10H,2-8,13H2,1H3,(H,14,16)(H,15,17)/t9-/m0/s1. The van der Waals surface area contributed by atoms with Crippen LogP contribution in [-0.4, -0.2) is 30.9 Å². The first-order valence-electron chi connectivity index (χ1n) is 6.39. The molecule has 0 radical (unpaired) electrons. The molecule has 0 aromatic heterocycles. The molecule has 1 atom stereocenters. The van der Waals surface area contributed by atoms with Crippen molar-refractivity contribution < 1.29 is 9.59 Å². The molecule has 5 heteroatoms. The van der Waals surface area contributed by atoms with Crippen LogP contribution < -0.4 is 16.4 Å². The third kappa shape index (κ3) is 5.17. The summed E-state index contributed by atoms with van der Waals surface area (Å²) in [5.41, 5.74) is 5.13. The summed E-state index contributed by atoms with van der Waals surface area (Å²) in [6.07, 6.45) is 6.21. The van der Waals surface area contributed by atoms with Crippen molar-refractivity contribution in [1.82, 2.24) is 10.6 Å². The minimum atomic E-state index is -0.300. The third-order valence-electron chi connectivity index (χ3n) is 3.38. The van der Waals surface area contributed by atoms with Gasteiger partial charge in [-0.3, -0.25) is 9.59 Å². The van der Waals surface area contributed by atoms with Crippen LogP contribution in [0.3, 0.4) is 0 Å². The molecule has 1 fully saturated rings. The van der Waals surface area contributed by atoms with Crippen LogP contribution in [0.15, 0.2) is 0 Å². The molecule has 1 saturated carbocycles. The average Bonchev–Trinajstić information content (AvgIpc) is 2.36. The van der Waals surface area contributed by atoms with Crippen molar-refractivity contribution in [2.45, 2.75) is 45.1 Å².